The highest BCUT2D eigenvalue weighted by Gasteiger charge is 2.14. The Morgan fingerprint density at radius 2 is 1.88 bits per heavy atom. The summed E-state index contributed by atoms with van der Waals surface area (Å²) in [6.07, 6.45) is 6.33. The molecule has 2 aromatic carbocycles. The monoisotopic (exact) mass is 349 g/mol. The molecule has 0 aliphatic carbocycles. The van der Waals surface area contributed by atoms with Crippen LogP contribution in [0.4, 0.5) is 0 Å². The molecule has 0 unspecified atom stereocenters. The fourth-order valence-electron chi connectivity index (χ4n) is 3.33. The summed E-state index contributed by atoms with van der Waals surface area (Å²) in [5, 5.41) is 3.46. The third-order valence-corrected chi connectivity index (χ3v) is 4.84. The maximum atomic E-state index is 5.78. The van der Waals surface area contributed by atoms with Gasteiger partial charge in [0.25, 0.3) is 0 Å². The van der Waals surface area contributed by atoms with Crippen LogP contribution < -0.4 is 5.32 Å². The van der Waals surface area contributed by atoms with Crippen LogP contribution in [0, 0.1) is 0 Å². The van der Waals surface area contributed by atoms with E-state index >= 15 is 0 Å². The molecule has 26 heavy (non-hydrogen) atoms. The van der Waals surface area contributed by atoms with Gasteiger partial charge in [-0.2, -0.15) is 0 Å². The minimum atomic E-state index is 0.757. The summed E-state index contributed by atoms with van der Waals surface area (Å²) in [6, 6.07) is 17.1. The summed E-state index contributed by atoms with van der Waals surface area (Å²) >= 11 is 0. The van der Waals surface area contributed by atoms with Crippen LogP contribution >= 0.6 is 0 Å². The quantitative estimate of drug-likeness (QED) is 0.526. The highest BCUT2D eigenvalue weighted by Crippen LogP contribution is 2.11. The van der Waals surface area contributed by atoms with Crippen molar-refractivity contribution < 1.29 is 9.31 Å². The van der Waals surface area contributed by atoms with Crippen LogP contribution in [0.15, 0.2) is 55.1 Å². The first-order valence-electron chi connectivity index (χ1n) is 9.52. The number of ether oxygens (including phenoxy) is 1. The van der Waals surface area contributed by atoms with Crippen LogP contribution in [0.2, 0.25) is 0 Å². The molecule has 0 radical (unpaired) electrons. The molecule has 3 nitrogen and oxygen atoms in total. The van der Waals surface area contributed by atoms with Gasteiger partial charge < -0.3 is 10.1 Å². The van der Waals surface area contributed by atoms with Crippen LogP contribution in [-0.2, 0) is 17.6 Å². The van der Waals surface area contributed by atoms with E-state index in [0.29, 0.717) is 0 Å². The van der Waals surface area contributed by atoms with Gasteiger partial charge in [0.05, 0.1) is 6.61 Å². The van der Waals surface area contributed by atoms with Crippen LogP contribution in [0.25, 0.3) is 6.08 Å². The molecule has 1 N–H and O–H groups in total. The molecule has 3 rings (SSSR count). The van der Waals surface area contributed by atoms with Crippen molar-refractivity contribution in [3.05, 3.63) is 77.4 Å². The van der Waals surface area contributed by atoms with Gasteiger partial charge in [-0.3, -0.25) is 0 Å². The summed E-state index contributed by atoms with van der Waals surface area (Å²) in [5.74, 6) is 0. The predicted molar refractivity (Wildman–Crippen MR) is 109 cm³/mol. The smallest absolute Gasteiger partial charge is 0.171 e. The highest BCUT2D eigenvalue weighted by atomic mass is 16.5. The lowest BCUT2D eigenvalue weighted by Gasteiger charge is -2.12. The Bertz CT molecular complexity index is 751. The molecule has 0 atom stereocenters. The van der Waals surface area contributed by atoms with Gasteiger partial charge in [-0.15, -0.1) is 0 Å². The molecule has 1 heterocycles. The van der Waals surface area contributed by atoms with Gasteiger partial charge in [0.2, 0.25) is 0 Å². The van der Waals surface area contributed by atoms with E-state index in [2.05, 4.69) is 71.2 Å². The number of hydrogen-bond acceptors (Lipinski definition) is 2. The lowest BCUT2D eigenvalue weighted by Crippen LogP contribution is -2.27. The fraction of sp³-hybridized carbons (Fsp3) is 0.348. The number of nitrogens with one attached hydrogen (secondary N) is 1. The third-order valence-electron chi connectivity index (χ3n) is 4.84. The van der Waals surface area contributed by atoms with E-state index in [1.54, 1.807) is 0 Å². The second kappa shape index (κ2) is 10.0. The van der Waals surface area contributed by atoms with Crippen molar-refractivity contribution in [2.45, 2.75) is 12.8 Å². The molecule has 0 aromatic heterocycles. The van der Waals surface area contributed by atoms with Gasteiger partial charge in [0.15, 0.2) is 12.8 Å². The molecule has 2 aromatic rings. The van der Waals surface area contributed by atoms with E-state index < -0.39 is 0 Å². The number of rotatable bonds is 10. The SMILES string of the molecule is C=Cc1ccccc1CCNCCOCC[N+]1=Cc2ccccc2CC1. The summed E-state index contributed by atoms with van der Waals surface area (Å²) in [5.41, 5.74) is 5.37. The highest BCUT2D eigenvalue weighted by molar-refractivity contribution is 5.78. The number of fused-ring (bicyclic) bond motifs is 1. The van der Waals surface area contributed by atoms with Gasteiger partial charge in [-0.25, -0.2) is 4.58 Å². The Kier molecular flexibility index (Phi) is 7.17. The first kappa shape index (κ1) is 18.6. The first-order chi connectivity index (χ1) is 12.9. The maximum Gasteiger partial charge on any atom is 0.171 e. The normalized spacial score (nSPS) is 13.2. The van der Waals surface area contributed by atoms with E-state index in [0.717, 1.165) is 52.2 Å². The van der Waals surface area contributed by atoms with E-state index in [-0.39, 0.29) is 0 Å². The summed E-state index contributed by atoms with van der Waals surface area (Å²) < 4.78 is 8.14. The van der Waals surface area contributed by atoms with Crippen LogP contribution in [0.1, 0.15) is 22.3 Å². The third kappa shape index (κ3) is 5.38. The zero-order valence-corrected chi connectivity index (χ0v) is 15.5. The minimum Gasteiger partial charge on any atom is -0.374 e. The van der Waals surface area contributed by atoms with E-state index in [1.165, 1.54) is 22.3 Å². The molecule has 0 saturated heterocycles. The number of hydrogen-bond donors (Lipinski definition) is 1. The Morgan fingerprint density at radius 1 is 1.04 bits per heavy atom. The van der Waals surface area contributed by atoms with Crippen molar-refractivity contribution in [2.75, 3.05) is 39.4 Å². The standard InChI is InChI=1S/C23H29N2O/c1-2-20-7-3-4-8-21(20)11-13-24-14-17-26-18-16-25-15-12-22-9-5-6-10-23(22)19-25/h2-10,19,24H,1,11-18H2/q+1. The average Bonchev–Trinajstić information content (AvgIpc) is 2.70. The molecule has 0 saturated carbocycles. The molecule has 0 spiro atoms. The zero-order chi connectivity index (χ0) is 18.0. The fourth-order valence-corrected chi connectivity index (χ4v) is 3.33. The summed E-state index contributed by atoms with van der Waals surface area (Å²) in [4.78, 5) is 0. The molecule has 3 heteroatoms. The topological polar surface area (TPSA) is 24.3 Å². The van der Waals surface area contributed by atoms with E-state index in [4.69, 9.17) is 4.74 Å². The van der Waals surface area contributed by atoms with Crippen molar-refractivity contribution >= 4 is 12.3 Å². The predicted octanol–water partition coefficient (Wildman–Crippen LogP) is 3.17. The molecule has 0 amide bonds. The van der Waals surface area contributed by atoms with Crippen molar-refractivity contribution in [3.63, 3.8) is 0 Å². The Balaban J connectivity index is 1.27. The molecule has 136 valence electrons. The van der Waals surface area contributed by atoms with Gasteiger partial charge in [0, 0.05) is 18.5 Å². The molecular formula is C23H29N2O+. The van der Waals surface area contributed by atoms with Crippen LogP contribution in [0.5, 0.6) is 0 Å². The Morgan fingerprint density at radius 3 is 2.81 bits per heavy atom. The second-order valence-electron chi connectivity index (χ2n) is 6.63. The minimum absolute atomic E-state index is 0.757. The largest absolute Gasteiger partial charge is 0.374 e. The lowest BCUT2D eigenvalue weighted by atomic mass is 10.0. The maximum absolute atomic E-state index is 5.78. The van der Waals surface area contributed by atoms with Gasteiger partial charge in [0.1, 0.15) is 13.2 Å². The van der Waals surface area contributed by atoms with Crippen molar-refractivity contribution in [1.29, 1.82) is 0 Å². The van der Waals surface area contributed by atoms with Gasteiger partial charge in [-0.05, 0) is 35.7 Å². The van der Waals surface area contributed by atoms with Gasteiger partial charge >= 0.3 is 0 Å². The first-order valence-corrected chi connectivity index (χ1v) is 9.52. The van der Waals surface area contributed by atoms with E-state index in [1.807, 2.05) is 6.08 Å². The van der Waals surface area contributed by atoms with Crippen LogP contribution in [0.3, 0.4) is 0 Å². The zero-order valence-electron chi connectivity index (χ0n) is 15.5. The van der Waals surface area contributed by atoms with Crippen LogP contribution in [-0.4, -0.2) is 50.2 Å². The second-order valence-corrected chi connectivity index (χ2v) is 6.63. The van der Waals surface area contributed by atoms with E-state index in [9.17, 15) is 0 Å². The number of nitrogens with zero attached hydrogens (tertiary/aromatic N) is 1. The molecule has 1 aliphatic rings. The Labute approximate surface area is 157 Å². The average molecular weight is 349 g/mol. The van der Waals surface area contributed by atoms with Crippen molar-refractivity contribution in [1.82, 2.24) is 5.32 Å². The number of benzene rings is 2. The lowest BCUT2D eigenvalue weighted by molar-refractivity contribution is -0.526. The molecule has 0 bridgehead atoms. The molecular weight excluding hydrogens is 320 g/mol. The molecule has 1 aliphatic heterocycles. The molecule has 0 fully saturated rings. The van der Waals surface area contributed by atoms with Crippen molar-refractivity contribution in [3.8, 4) is 0 Å². The Hall–Kier alpha value is -2.23. The summed E-state index contributed by atoms with van der Waals surface area (Å²) in [6.45, 7) is 9.31. The summed E-state index contributed by atoms with van der Waals surface area (Å²) in [7, 11) is 0. The van der Waals surface area contributed by atoms with Crippen molar-refractivity contribution in [2.24, 2.45) is 0 Å². The van der Waals surface area contributed by atoms with Gasteiger partial charge in [-0.1, -0.05) is 55.1 Å².